The van der Waals surface area contributed by atoms with Gasteiger partial charge < -0.3 is 29.9 Å². The Hall–Kier alpha value is -2.52. The van der Waals surface area contributed by atoms with Crippen molar-refractivity contribution in [2.45, 2.75) is 77.2 Å². The van der Waals surface area contributed by atoms with E-state index >= 15 is 0 Å². The molecule has 0 aromatic carbocycles. The second-order valence-electron chi connectivity index (χ2n) is 11.3. The van der Waals surface area contributed by atoms with E-state index < -0.39 is 57.0 Å². The summed E-state index contributed by atoms with van der Waals surface area (Å²) in [7, 11) is 0. The Balaban J connectivity index is 1.89. The molecule has 5 aliphatic rings. The molecule has 4 N–H and O–H groups in total. The summed E-state index contributed by atoms with van der Waals surface area (Å²) in [6.07, 6.45) is 10.5. The van der Waals surface area contributed by atoms with Crippen molar-refractivity contribution in [2.24, 2.45) is 22.7 Å². The molecule has 4 fully saturated rings. The second kappa shape index (κ2) is 7.07. The van der Waals surface area contributed by atoms with Crippen LogP contribution in [0.5, 0.6) is 0 Å². The van der Waals surface area contributed by atoms with Crippen molar-refractivity contribution >= 4 is 11.6 Å². The van der Waals surface area contributed by atoms with Gasteiger partial charge >= 0.3 is 0 Å². The number of aliphatic hydroxyl groups excluding tert-OH is 2. The van der Waals surface area contributed by atoms with Gasteiger partial charge in [0.1, 0.15) is 22.7 Å². The summed E-state index contributed by atoms with van der Waals surface area (Å²) in [5.74, 6) is -8.64. The molecule has 194 valence electrons. The molecule has 2 unspecified atom stereocenters. The van der Waals surface area contributed by atoms with Crippen molar-refractivity contribution in [3.05, 3.63) is 59.1 Å². The molecule has 8 nitrogen and oxygen atoms in total. The fourth-order valence-electron chi connectivity index (χ4n) is 8.16. The first-order valence-corrected chi connectivity index (χ1v) is 12.4. The van der Waals surface area contributed by atoms with Crippen molar-refractivity contribution in [1.82, 2.24) is 0 Å². The van der Waals surface area contributed by atoms with E-state index in [2.05, 4.69) is 0 Å². The first-order chi connectivity index (χ1) is 16.7. The monoisotopic (exact) mass is 498 g/mol. The quantitative estimate of drug-likeness (QED) is 0.189. The van der Waals surface area contributed by atoms with Crippen LogP contribution in [-0.4, -0.2) is 54.8 Å². The van der Waals surface area contributed by atoms with Gasteiger partial charge in [0.25, 0.3) is 0 Å². The van der Waals surface area contributed by atoms with Gasteiger partial charge in [-0.15, -0.1) is 0 Å². The van der Waals surface area contributed by atoms with Gasteiger partial charge in [0.15, 0.2) is 11.6 Å². The Morgan fingerprint density at radius 1 is 0.944 bits per heavy atom. The van der Waals surface area contributed by atoms with Crippen molar-refractivity contribution in [2.75, 3.05) is 0 Å². The highest BCUT2D eigenvalue weighted by molar-refractivity contribution is 6.08. The molecular formula is C28H34O8. The van der Waals surface area contributed by atoms with Gasteiger partial charge in [0.2, 0.25) is 11.6 Å². The van der Waals surface area contributed by atoms with Crippen LogP contribution in [0.2, 0.25) is 0 Å². The third-order valence-corrected chi connectivity index (χ3v) is 9.68. The normalized spacial score (nSPS) is 50.1. The molecule has 2 heterocycles. The summed E-state index contributed by atoms with van der Waals surface area (Å²) in [4.78, 5) is 28.0. The van der Waals surface area contributed by atoms with E-state index in [0.29, 0.717) is 6.42 Å². The summed E-state index contributed by atoms with van der Waals surface area (Å²) < 4.78 is 12.5. The number of carbonyl (C=O) groups is 2. The first kappa shape index (κ1) is 25.1. The lowest BCUT2D eigenvalue weighted by Crippen LogP contribution is -2.72. The van der Waals surface area contributed by atoms with Crippen LogP contribution in [0.1, 0.15) is 54.4 Å². The lowest BCUT2D eigenvalue weighted by Gasteiger charge is -2.58. The van der Waals surface area contributed by atoms with Crippen LogP contribution in [0.15, 0.2) is 59.1 Å². The lowest BCUT2D eigenvalue weighted by molar-refractivity contribution is -0.451. The average molecular weight is 499 g/mol. The fourth-order valence-corrected chi connectivity index (χ4v) is 8.16. The maximum absolute atomic E-state index is 14.3. The number of rotatable bonds is 6. The molecule has 0 spiro atoms. The number of allylic oxidation sites excluding steroid dienone is 6. The standard InChI is InChI=1S/C28H34O8/c1-7-9-11-13-15(29)17-19-23(3)22(32)18(16(30)14-12-10-8-2)20-24(4,21(17)31)28(34)25(19,5)35-27(23,33)26(20,6)36-28/h7-11,13,19-20,29,32-34H,12,14H2,1-6H3/b9-7+,10-8-,13-11+,17-15-/t19?,20?,23-,24-,25+,26+,27-,28-/m1/s1. The molecule has 0 aromatic heterocycles. The maximum Gasteiger partial charge on any atom is 0.210 e. The number of hydrogen-bond donors (Lipinski definition) is 4. The zero-order valence-corrected chi connectivity index (χ0v) is 21.5. The SMILES string of the molecule is C/C=C\CCC(=O)C1=C(O)[C@@]2(C)C3\C(=C(O)/C=C/C=C/C)C(=O)[C@@]4(C)C1[C@]1(C)O[C@@]4(O)[C@@]3(C)O[C@@]12O. The summed E-state index contributed by atoms with van der Waals surface area (Å²) in [5.41, 5.74) is -7.18. The van der Waals surface area contributed by atoms with Gasteiger partial charge in [-0.3, -0.25) is 9.59 Å². The van der Waals surface area contributed by atoms with E-state index in [-0.39, 0.29) is 29.1 Å². The molecule has 0 radical (unpaired) electrons. The summed E-state index contributed by atoms with van der Waals surface area (Å²) in [5, 5.41) is 47.4. The Morgan fingerprint density at radius 3 is 2.11 bits per heavy atom. The van der Waals surface area contributed by atoms with Gasteiger partial charge in [0, 0.05) is 29.4 Å². The van der Waals surface area contributed by atoms with E-state index in [0.717, 1.165) is 0 Å². The lowest BCUT2D eigenvalue weighted by atomic mass is 9.40. The molecule has 36 heavy (non-hydrogen) atoms. The summed E-state index contributed by atoms with van der Waals surface area (Å²) in [6.45, 7) is 9.66. The minimum atomic E-state index is -2.24. The van der Waals surface area contributed by atoms with Crippen LogP contribution in [0.3, 0.4) is 0 Å². The van der Waals surface area contributed by atoms with Gasteiger partial charge in [0.05, 0.1) is 10.8 Å². The van der Waals surface area contributed by atoms with Crippen LogP contribution in [0, 0.1) is 22.7 Å². The Kier molecular flexibility index (Phi) is 4.94. The van der Waals surface area contributed by atoms with Gasteiger partial charge in [-0.1, -0.05) is 30.4 Å². The Morgan fingerprint density at radius 2 is 1.53 bits per heavy atom. The molecular weight excluding hydrogens is 464 g/mol. The molecule has 5 rings (SSSR count). The average Bonchev–Trinajstić information content (AvgIpc) is 3.12. The van der Waals surface area contributed by atoms with E-state index in [9.17, 15) is 30.0 Å². The van der Waals surface area contributed by atoms with Gasteiger partial charge in [-0.2, -0.15) is 0 Å². The third kappa shape index (κ3) is 2.19. The minimum Gasteiger partial charge on any atom is -0.511 e. The highest BCUT2D eigenvalue weighted by atomic mass is 16.8. The minimum absolute atomic E-state index is 0.0264. The number of ketones is 2. The number of hydrogen-bond acceptors (Lipinski definition) is 8. The van der Waals surface area contributed by atoms with E-state index in [4.69, 9.17) is 9.47 Å². The van der Waals surface area contributed by atoms with Crippen LogP contribution in [0.25, 0.3) is 0 Å². The Labute approximate surface area is 210 Å². The summed E-state index contributed by atoms with van der Waals surface area (Å²) >= 11 is 0. The van der Waals surface area contributed by atoms with Crippen LogP contribution < -0.4 is 0 Å². The van der Waals surface area contributed by atoms with Crippen molar-refractivity contribution in [3.8, 4) is 0 Å². The molecule has 2 aliphatic heterocycles. The Bertz CT molecular complexity index is 1240. The molecule has 8 atom stereocenters. The fraction of sp³-hybridized carbons (Fsp3) is 0.571. The van der Waals surface area contributed by atoms with Crippen LogP contribution in [-0.2, 0) is 19.1 Å². The molecule has 0 aromatic rings. The molecule has 2 saturated carbocycles. The zero-order chi connectivity index (χ0) is 26.7. The smallest absolute Gasteiger partial charge is 0.210 e. The number of Topliss-reactive ketones (excluding diaryl/α,β-unsaturated/α-hetero) is 2. The van der Waals surface area contributed by atoms with E-state index in [1.54, 1.807) is 25.2 Å². The molecule has 2 saturated heterocycles. The molecule has 3 aliphatic carbocycles. The number of ether oxygens (including phenoxy) is 2. The van der Waals surface area contributed by atoms with E-state index in [1.165, 1.54) is 33.8 Å². The van der Waals surface area contributed by atoms with Crippen molar-refractivity contribution in [1.29, 1.82) is 0 Å². The van der Waals surface area contributed by atoms with Crippen molar-refractivity contribution < 1.29 is 39.5 Å². The second-order valence-corrected chi connectivity index (χ2v) is 11.3. The molecule has 0 amide bonds. The zero-order valence-electron chi connectivity index (χ0n) is 21.5. The number of aliphatic hydroxyl groups is 4. The van der Waals surface area contributed by atoms with Crippen LogP contribution >= 0.6 is 0 Å². The maximum atomic E-state index is 14.3. The predicted octanol–water partition coefficient (Wildman–Crippen LogP) is 3.48. The molecule has 8 bridgehead atoms. The highest BCUT2D eigenvalue weighted by Gasteiger charge is 2.98. The van der Waals surface area contributed by atoms with E-state index in [1.807, 2.05) is 19.1 Å². The topological polar surface area (TPSA) is 134 Å². The highest BCUT2D eigenvalue weighted by Crippen LogP contribution is 2.84. The first-order valence-electron chi connectivity index (χ1n) is 12.4. The third-order valence-electron chi connectivity index (χ3n) is 9.68. The molecule has 8 heteroatoms. The van der Waals surface area contributed by atoms with Gasteiger partial charge in [-0.05, 0) is 54.0 Å². The van der Waals surface area contributed by atoms with Gasteiger partial charge in [-0.25, -0.2) is 0 Å². The largest absolute Gasteiger partial charge is 0.511 e. The summed E-state index contributed by atoms with van der Waals surface area (Å²) in [6, 6.07) is 0. The van der Waals surface area contributed by atoms with Crippen molar-refractivity contribution in [3.63, 3.8) is 0 Å². The number of carbonyl (C=O) groups excluding carboxylic acids is 2. The van der Waals surface area contributed by atoms with Crippen LogP contribution in [0.4, 0.5) is 0 Å². The predicted molar refractivity (Wildman–Crippen MR) is 129 cm³/mol.